The summed E-state index contributed by atoms with van der Waals surface area (Å²) in [7, 11) is 1.53. The molecule has 27 heavy (non-hydrogen) atoms. The lowest BCUT2D eigenvalue weighted by atomic mass is 10.0. The van der Waals surface area contributed by atoms with Gasteiger partial charge in [-0.15, -0.1) is 0 Å². The van der Waals surface area contributed by atoms with Gasteiger partial charge in [-0.3, -0.25) is 9.59 Å². The molecule has 1 aromatic carbocycles. The largest absolute Gasteiger partial charge is 0.497 e. The van der Waals surface area contributed by atoms with E-state index in [0.29, 0.717) is 24.3 Å². The molecule has 0 radical (unpaired) electrons. The van der Waals surface area contributed by atoms with Crippen molar-refractivity contribution < 1.29 is 23.9 Å². The monoisotopic (exact) mass is 371 g/mol. The minimum absolute atomic E-state index is 0.238. The molecule has 2 N–H and O–H groups in total. The van der Waals surface area contributed by atoms with Crippen molar-refractivity contribution in [1.29, 1.82) is 5.26 Å². The third-order valence-corrected chi connectivity index (χ3v) is 4.25. The minimum atomic E-state index is -0.908. The molecule has 1 aliphatic rings. The molecule has 2 rings (SSSR count). The summed E-state index contributed by atoms with van der Waals surface area (Å²) in [5.74, 6) is -1.35. The molecule has 1 aliphatic heterocycles. The van der Waals surface area contributed by atoms with E-state index < -0.39 is 30.4 Å². The number of primary amides is 1. The van der Waals surface area contributed by atoms with Gasteiger partial charge in [0.1, 0.15) is 23.4 Å². The maximum atomic E-state index is 12.3. The molecule has 1 aromatic rings. The Labute approximate surface area is 157 Å². The average Bonchev–Trinajstić information content (AvgIpc) is 2.70. The number of nitrogens with two attached hydrogens (primary N) is 1. The molecule has 8 nitrogen and oxygen atoms in total. The topological polar surface area (TPSA) is 123 Å². The Hall–Kier alpha value is -3.34. The number of methoxy groups -OCH3 is 1. The second-order valence-electron chi connectivity index (χ2n) is 6.02. The van der Waals surface area contributed by atoms with E-state index in [1.54, 1.807) is 30.3 Å². The van der Waals surface area contributed by atoms with Gasteiger partial charge in [-0.1, -0.05) is 12.1 Å². The number of carbonyl (C=O) groups excluding carboxylic acids is 3. The molecule has 1 fully saturated rings. The van der Waals surface area contributed by atoms with E-state index in [4.69, 9.17) is 15.2 Å². The normalized spacial score (nSPS) is 17.0. The Morgan fingerprint density at radius 2 is 2.00 bits per heavy atom. The van der Waals surface area contributed by atoms with Crippen LogP contribution in [0.2, 0.25) is 0 Å². The number of rotatable bonds is 6. The molecule has 8 heteroatoms. The fourth-order valence-electron chi connectivity index (χ4n) is 2.82. The summed E-state index contributed by atoms with van der Waals surface area (Å²) in [6.07, 6.45) is 3.42. The highest BCUT2D eigenvalue weighted by Gasteiger charge is 2.31. The zero-order valence-corrected chi connectivity index (χ0v) is 15.0. The van der Waals surface area contributed by atoms with Crippen molar-refractivity contribution >= 4 is 23.9 Å². The van der Waals surface area contributed by atoms with Crippen LogP contribution in [0.15, 0.2) is 29.8 Å². The molecular weight excluding hydrogens is 350 g/mol. The molecule has 2 amide bonds. The second kappa shape index (κ2) is 9.38. The number of nitriles is 1. The molecule has 142 valence electrons. The number of amides is 2. The van der Waals surface area contributed by atoms with Crippen molar-refractivity contribution in [3.8, 4) is 11.8 Å². The number of benzene rings is 1. The molecule has 1 heterocycles. The number of likely N-dealkylation sites (tertiary alicyclic amines) is 1. The molecule has 1 saturated heterocycles. The lowest BCUT2D eigenvalue weighted by Gasteiger charge is -2.33. The fourth-order valence-corrected chi connectivity index (χ4v) is 2.82. The Kier molecular flexibility index (Phi) is 6.94. The predicted octanol–water partition coefficient (Wildman–Crippen LogP) is 1.01. The van der Waals surface area contributed by atoms with Gasteiger partial charge in [0.25, 0.3) is 5.91 Å². The number of esters is 1. The number of nitrogens with zero attached hydrogens (tertiary/aromatic N) is 2. The van der Waals surface area contributed by atoms with Gasteiger partial charge in [0, 0.05) is 6.54 Å². The minimum Gasteiger partial charge on any atom is -0.497 e. The summed E-state index contributed by atoms with van der Waals surface area (Å²) < 4.78 is 10.0. The van der Waals surface area contributed by atoms with E-state index in [0.717, 1.165) is 12.8 Å². The quantitative estimate of drug-likeness (QED) is 0.452. The number of piperidine rings is 1. The first-order valence-electron chi connectivity index (χ1n) is 8.48. The molecule has 0 unspecified atom stereocenters. The standard InChI is InChI=1S/C19H21N3O5/c1-26-15-7-5-13(6-8-15)10-14(11-20)19(25)27-12-17(23)22-9-3-2-4-16(22)18(21)24/h5-8,10,16H,2-4,9,12H2,1H3,(H2,21,24)/b14-10+/t16-/m1/s1. The summed E-state index contributed by atoms with van der Waals surface area (Å²) in [5, 5.41) is 9.19. The zero-order chi connectivity index (χ0) is 19.8. The Bertz CT molecular complexity index is 780. The second-order valence-corrected chi connectivity index (χ2v) is 6.02. The van der Waals surface area contributed by atoms with Gasteiger partial charge in [-0.05, 0) is 43.0 Å². The van der Waals surface area contributed by atoms with Gasteiger partial charge in [-0.2, -0.15) is 5.26 Å². The smallest absolute Gasteiger partial charge is 0.349 e. The lowest BCUT2D eigenvalue weighted by Crippen LogP contribution is -2.51. The van der Waals surface area contributed by atoms with Crippen LogP contribution in [0.4, 0.5) is 0 Å². The molecule has 0 spiro atoms. The van der Waals surface area contributed by atoms with Crippen LogP contribution in [0, 0.1) is 11.3 Å². The number of ether oxygens (including phenoxy) is 2. The van der Waals surface area contributed by atoms with Crippen LogP contribution < -0.4 is 10.5 Å². The van der Waals surface area contributed by atoms with E-state index in [2.05, 4.69) is 0 Å². The van der Waals surface area contributed by atoms with E-state index in [9.17, 15) is 19.6 Å². The molecular formula is C19H21N3O5. The van der Waals surface area contributed by atoms with E-state index in [1.807, 2.05) is 0 Å². The van der Waals surface area contributed by atoms with Gasteiger partial charge >= 0.3 is 5.97 Å². The maximum absolute atomic E-state index is 12.3. The van der Waals surface area contributed by atoms with Crippen LogP contribution in [0.5, 0.6) is 5.75 Å². The highest BCUT2D eigenvalue weighted by molar-refractivity contribution is 5.99. The Morgan fingerprint density at radius 3 is 2.59 bits per heavy atom. The average molecular weight is 371 g/mol. The maximum Gasteiger partial charge on any atom is 0.349 e. The van der Waals surface area contributed by atoms with Crippen molar-refractivity contribution in [2.45, 2.75) is 25.3 Å². The van der Waals surface area contributed by atoms with E-state index in [-0.39, 0.29) is 5.57 Å². The molecule has 0 saturated carbocycles. The van der Waals surface area contributed by atoms with Crippen LogP contribution in [-0.4, -0.2) is 49.0 Å². The van der Waals surface area contributed by atoms with Gasteiger partial charge in [-0.25, -0.2) is 4.79 Å². The van der Waals surface area contributed by atoms with Gasteiger partial charge in [0.05, 0.1) is 7.11 Å². The van der Waals surface area contributed by atoms with Crippen LogP contribution >= 0.6 is 0 Å². The SMILES string of the molecule is COc1ccc(/C=C(\C#N)C(=O)OCC(=O)N2CCCC[C@@H]2C(N)=O)cc1. The molecule has 0 aromatic heterocycles. The van der Waals surface area contributed by atoms with Gasteiger partial charge < -0.3 is 20.1 Å². The van der Waals surface area contributed by atoms with Crippen LogP contribution in [0.3, 0.4) is 0 Å². The first kappa shape index (κ1) is 20.0. The summed E-state index contributed by atoms with van der Waals surface area (Å²) >= 11 is 0. The summed E-state index contributed by atoms with van der Waals surface area (Å²) in [6.45, 7) is -0.166. The first-order chi connectivity index (χ1) is 13.0. The van der Waals surface area contributed by atoms with Crippen molar-refractivity contribution in [2.75, 3.05) is 20.3 Å². The number of hydrogen-bond acceptors (Lipinski definition) is 6. The zero-order valence-electron chi connectivity index (χ0n) is 15.0. The van der Waals surface area contributed by atoms with Crippen LogP contribution in [0.1, 0.15) is 24.8 Å². The third kappa shape index (κ3) is 5.31. The fraction of sp³-hybridized carbons (Fsp3) is 0.368. The van der Waals surface area contributed by atoms with Crippen molar-refractivity contribution in [1.82, 2.24) is 4.90 Å². The van der Waals surface area contributed by atoms with Gasteiger partial charge in [0.15, 0.2) is 6.61 Å². The molecule has 0 bridgehead atoms. The highest BCUT2D eigenvalue weighted by atomic mass is 16.5. The molecule has 1 atom stereocenters. The summed E-state index contributed by atoms with van der Waals surface area (Å²) in [4.78, 5) is 37.2. The van der Waals surface area contributed by atoms with E-state index in [1.165, 1.54) is 18.1 Å². The first-order valence-corrected chi connectivity index (χ1v) is 8.48. The highest BCUT2D eigenvalue weighted by Crippen LogP contribution is 2.17. The van der Waals surface area contributed by atoms with Gasteiger partial charge in [0.2, 0.25) is 5.91 Å². The number of hydrogen-bond donors (Lipinski definition) is 1. The third-order valence-electron chi connectivity index (χ3n) is 4.25. The molecule has 0 aliphatic carbocycles. The van der Waals surface area contributed by atoms with E-state index >= 15 is 0 Å². The van der Waals surface area contributed by atoms with Crippen molar-refractivity contribution in [3.63, 3.8) is 0 Å². The summed E-state index contributed by atoms with van der Waals surface area (Å²) in [5.41, 5.74) is 5.70. The van der Waals surface area contributed by atoms with Crippen LogP contribution in [-0.2, 0) is 19.1 Å². The van der Waals surface area contributed by atoms with Crippen molar-refractivity contribution in [3.05, 3.63) is 35.4 Å². The van der Waals surface area contributed by atoms with Crippen LogP contribution in [0.25, 0.3) is 6.08 Å². The number of carbonyl (C=O) groups is 3. The Balaban J connectivity index is 1.99. The lowest BCUT2D eigenvalue weighted by molar-refractivity contribution is -0.152. The summed E-state index contributed by atoms with van der Waals surface area (Å²) in [6, 6.07) is 7.82. The Morgan fingerprint density at radius 1 is 1.30 bits per heavy atom. The van der Waals surface area contributed by atoms with Crippen molar-refractivity contribution in [2.24, 2.45) is 5.73 Å². The predicted molar refractivity (Wildman–Crippen MR) is 96.1 cm³/mol.